The van der Waals surface area contributed by atoms with Crippen LogP contribution in [0.1, 0.15) is 31.1 Å². The first kappa shape index (κ1) is 21.7. The van der Waals surface area contributed by atoms with Crippen molar-refractivity contribution in [3.8, 4) is 5.75 Å². The van der Waals surface area contributed by atoms with Crippen molar-refractivity contribution in [1.29, 1.82) is 0 Å². The topological polar surface area (TPSA) is 160 Å². The van der Waals surface area contributed by atoms with Gasteiger partial charge in [0, 0.05) is 13.2 Å². The number of anilines is 1. The lowest BCUT2D eigenvalue weighted by molar-refractivity contribution is -0.153. The number of amides is 1. The molecule has 2 aromatic rings. The number of nitrogens with one attached hydrogen (secondary N) is 2. The maximum atomic E-state index is 12.6. The van der Waals surface area contributed by atoms with Crippen molar-refractivity contribution in [2.24, 2.45) is 7.05 Å². The van der Waals surface area contributed by atoms with Crippen molar-refractivity contribution in [2.45, 2.75) is 26.4 Å². The number of nitrogens with zero attached hydrogens (tertiary/aromatic N) is 2. The van der Waals surface area contributed by atoms with Gasteiger partial charge in [-0.1, -0.05) is 0 Å². The Labute approximate surface area is 165 Å². The molecule has 0 aliphatic carbocycles. The molecule has 29 heavy (non-hydrogen) atoms. The van der Waals surface area contributed by atoms with E-state index in [0.29, 0.717) is 0 Å². The van der Waals surface area contributed by atoms with Gasteiger partial charge in [-0.15, -0.1) is 0 Å². The van der Waals surface area contributed by atoms with Crippen molar-refractivity contribution >= 4 is 34.6 Å². The average molecular weight is 406 g/mol. The first-order valence-electron chi connectivity index (χ1n) is 8.58. The number of aliphatic carboxylic acids is 1. The molecule has 156 valence electrons. The van der Waals surface area contributed by atoms with Crippen LogP contribution in [-0.2, 0) is 21.4 Å². The number of esters is 1. The number of pyridine rings is 2. The lowest BCUT2D eigenvalue weighted by Gasteiger charge is -2.19. The number of hydrogen-bond acceptors (Lipinski definition) is 8. The molecule has 0 aromatic carbocycles. The van der Waals surface area contributed by atoms with E-state index in [-0.39, 0.29) is 16.7 Å². The van der Waals surface area contributed by atoms with Crippen molar-refractivity contribution < 1.29 is 29.3 Å². The predicted molar refractivity (Wildman–Crippen MR) is 103 cm³/mol. The minimum atomic E-state index is -1.16. The van der Waals surface area contributed by atoms with Crippen molar-refractivity contribution in [3.05, 3.63) is 28.2 Å². The Morgan fingerprint density at radius 2 is 1.90 bits per heavy atom. The molecule has 11 nitrogen and oxygen atoms in total. The molecule has 2 rings (SSSR count). The van der Waals surface area contributed by atoms with E-state index in [0.717, 1.165) is 4.57 Å². The van der Waals surface area contributed by atoms with Crippen LogP contribution in [0.15, 0.2) is 17.1 Å². The summed E-state index contributed by atoms with van der Waals surface area (Å²) in [5.41, 5.74) is -1.92. The number of carboxylic acid groups (broad SMARTS) is 1. The molecule has 0 bridgehead atoms. The Hall–Kier alpha value is -3.63. The van der Waals surface area contributed by atoms with Crippen molar-refractivity contribution in [1.82, 2.24) is 14.9 Å². The van der Waals surface area contributed by atoms with Crippen LogP contribution in [0.3, 0.4) is 0 Å². The van der Waals surface area contributed by atoms with Crippen LogP contribution in [0.2, 0.25) is 0 Å². The second-order valence-corrected chi connectivity index (χ2v) is 7.16. The number of hydrogen-bond donors (Lipinski definition) is 4. The Morgan fingerprint density at radius 3 is 2.48 bits per heavy atom. The Balaban J connectivity index is 2.44. The summed E-state index contributed by atoms with van der Waals surface area (Å²) in [4.78, 5) is 51.7. The van der Waals surface area contributed by atoms with Crippen LogP contribution in [-0.4, -0.2) is 56.3 Å². The number of aromatic hydroxyl groups is 1. The van der Waals surface area contributed by atoms with Gasteiger partial charge in [0.1, 0.15) is 35.8 Å². The van der Waals surface area contributed by atoms with Gasteiger partial charge < -0.3 is 30.2 Å². The van der Waals surface area contributed by atoms with Gasteiger partial charge in [-0.05, 0) is 26.8 Å². The highest BCUT2D eigenvalue weighted by molar-refractivity contribution is 6.06. The highest BCUT2D eigenvalue weighted by Gasteiger charge is 2.24. The second-order valence-electron chi connectivity index (χ2n) is 7.16. The minimum Gasteiger partial charge on any atom is -0.506 e. The fraction of sp³-hybridized carbons (Fsp3) is 0.389. The highest BCUT2D eigenvalue weighted by atomic mass is 16.6. The van der Waals surface area contributed by atoms with E-state index in [9.17, 15) is 24.3 Å². The van der Waals surface area contributed by atoms with E-state index in [1.807, 2.05) is 0 Å². The minimum absolute atomic E-state index is 0.00160. The molecule has 2 heterocycles. The van der Waals surface area contributed by atoms with Gasteiger partial charge in [-0.2, -0.15) is 0 Å². The van der Waals surface area contributed by atoms with Gasteiger partial charge in [0.05, 0.1) is 10.9 Å². The fourth-order valence-corrected chi connectivity index (χ4v) is 2.58. The normalized spacial score (nSPS) is 11.2. The Kier molecular flexibility index (Phi) is 6.10. The molecule has 2 aromatic heterocycles. The first-order valence-corrected chi connectivity index (χ1v) is 8.58. The van der Waals surface area contributed by atoms with E-state index < -0.39 is 53.4 Å². The molecule has 0 saturated heterocycles. The van der Waals surface area contributed by atoms with Crippen LogP contribution >= 0.6 is 0 Å². The number of aromatic nitrogens is 2. The largest absolute Gasteiger partial charge is 0.506 e. The van der Waals surface area contributed by atoms with E-state index in [2.05, 4.69) is 15.6 Å². The van der Waals surface area contributed by atoms with Gasteiger partial charge >= 0.3 is 11.9 Å². The van der Waals surface area contributed by atoms with Crippen LogP contribution in [0.25, 0.3) is 10.9 Å². The predicted octanol–water partition coefficient (Wildman–Crippen LogP) is 0.207. The van der Waals surface area contributed by atoms with Crippen LogP contribution in [0.4, 0.5) is 5.82 Å². The summed E-state index contributed by atoms with van der Waals surface area (Å²) >= 11 is 0. The maximum Gasteiger partial charge on any atom is 0.325 e. The number of aryl methyl sites for hydroxylation is 1. The third kappa shape index (κ3) is 5.00. The molecular formula is C18H22N4O7. The molecule has 11 heteroatoms. The number of ether oxygens (including phenoxy) is 1. The summed E-state index contributed by atoms with van der Waals surface area (Å²) in [7, 11) is 1.38. The van der Waals surface area contributed by atoms with Gasteiger partial charge in [0.15, 0.2) is 0 Å². The number of carboxylic acids is 1. The highest BCUT2D eigenvalue weighted by Crippen LogP contribution is 2.31. The average Bonchev–Trinajstić information content (AvgIpc) is 2.61. The SMILES string of the molecule is Cn1c(=O)c(C(=O)NCC(=O)OC(C)(C)C)c(O)c2c(NCC(=O)O)nccc21. The van der Waals surface area contributed by atoms with E-state index in [1.165, 1.54) is 19.3 Å². The number of carbonyl (C=O) groups is 3. The molecule has 0 unspecified atom stereocenters. The molecular weight excluding hydrogens is 384 g/mol. The van der Waals surface area contributed by atoms with E-state index >= 15 is 0 Å². The Morgan fingerprint density at radius 1 is 1.24 bits per heavy atom. The van der Waals surface area contributed by atoms with Crippen LogP contribution in [0, 0.1) is 0 Å². The third-order valence-electron chi connectivity index (χ3n) is 3.73. The second kappa shape index (κ2) is 8.17. The summed E-state index contributed by atoms with van der Waals surface area (Å²) < 4.78 is 6.19. The molecule has 0 atom stereocenters. The standard InChI is InChI=1S/C18H22N4O7/c1-18(2,3)29-11(25)8-21-16(27)13-14(26)12-9(22(4)17(13)28)5-6-19-15(12)20-7-10(23)24/h5-6,26H,7-8H2,1-4H3,(H,19,20)(H,21,27)(H,23,24). The summed E-state index contributed by atoms with van der Waals surface area (Å²) in [6, 6.07) is 1.44. The third-order valence-corrected chi connectivity index (χ3v) is 3.73. The molecule has 0 spiro atoms. The molecule has 0 radical (unpaired) electrons. The van der Waals surface area contributed by atoms with Gasteiger partial charge in [0.25, 0.3) is 11.5 Å². The number of fused-ring (bicyclic) bond motifs is 1. The molecule has 4 N–H and O–H groups in total. The molecule has 1 amide bonds. The van der Waals surface area contributed by atoms with E-state index in [4.69, 9.17) is 9.84 Å². The van der Waals surface area contributed by atoms with Crippen molar-refractivity contribution in [3.63, 3.8) is 0 Å². The molecule has 0 fully saturated rings. The van der Waals surface area contributed by atoms with Crippen molar-refractivity contribution in [2.75, 3.05) is 18.4 Å². The fourth-order valence-electron chi connectivity index (χ4n) is 2.58. The van der Waals surface area contributed by atoms with Gasteiger partial charge in [-0.25, -0.2) is 4.98 Å². The first-order chi connectivity index (χ1) is 13.4. The Bertz CT molecular complexity index is 1040. The van der Waals surface area contributed by atoms with E-state index in [1.54, 1.807) is 20.8 Å². The summed E-state index contributed by atoms with van der Waals surface area (Å²) in [6.07, 6.45) is 1.33. The quantitative estimate of drug-likeness (QED) is 0.492. The summed E-state index contributed by atoms with van der Waals surface area (Å²) in [5.74, 6) is -3.55. The van der Waals surface area contributed by atoms with Gasteiger partial charge in [-0.3, -0.25) is 19.2 Å². The maximum absolute atomic E-state index is 12.6. The monoisotopic (exact) mass is 406 g/mol. The summed E-state index contributed by atoms with van der Waals surface area (Å²) in [6.45, 7) is 3.99. The lowest BCUT2D eigenvalue weighted by atomic mass is 10.1. The summed E-state index contributed by atoms with van der Waals surface area (Å²) in [5, 5.41) is 24.2. The zero-order valence-electron chi connectivity index (χ0n) is 16.4. The lowest BCUT2D eigenvalue weighted by Crippen LogP contribution is -2.37. The molecule has 0 aliphatic rings. The zero-order valence-corrected chi connectivity index (χ0v) is 16.4. The van der Waals surface area contributed by atoms with Crippen LogP contribution < -0.4 is 16.2 Å². The van der Waals surface area contributed by atoms with Crippen LogP contribution in [0.5, 0.6) is 5.75 Å². The smallest absolute Gasteiger partial charge is 0.325 e. The zero-order chi connectivity index (χ0) is 21.9. The molecule has 0 aliphatic heterocycles. The molecule has 0 saturated carbocycles. The number of carbonyl (C=O) groups excluding carboxylic acids is 2. The number of rotatable bonds is 6. The van der Waals surface area contributed by atoms with Gasteiger partial charge in [0.2, 0.25) is 0 Å².